The molecular weight excluding hydrogens is 343 g/mol. The van der Waals surface area contributed by atoms with Gasteiger partial charge in [-0.15, -0.1) is 0 Å². The van der Waals surface area contributed by atoms with E-state index in [1.807, 2.05) is 24.3 Å². The number of nitrogens with zero attached hydrogens (tertiary/aromatic N) is 2. The maximum Gasteiger partial charge on any atom is 0.407 e. The molecule has 25 heavy (non-hydrogen) atoms. The Morgan fingerprint density at radius 2 is 1.72 bits per heavy atom. The predicted molar refractivity (Wildman–Crippen MR) is 96.7 cm³/mol. The maximum atomic E-state index is 13.2. The minimum Gasteiger partial charge on any atom is -0.465 e. The van der Waals surface area contributed by atoms with Crippen molar-refractivity contribution < 1.29 is 14.3 Å². The number of hydrogen-bond donors (Lipinski definition) is 1. The van der Waals surface area contributed by atoms with Gasteiger partial charge in [0.05, 0.1) is 0 Å². The highest BCUT2D eigenvalue weighted by Crippen LogP contribution is 2.27. The van der Waals surface area contributed by atoms with Gasteiger partial charge in [-0.1, -0.05) is 23.7 Å². The third kappa shape index (κ3) is 4.42. The highest BCUT2D eigenvalue weighted by molar-refractivity contribution is 6.30. The number of hydrogen-bond acceptors (Lipinski definition) is 2. The summed E-state index contributed by atoms with van der Waals surface area (Å²) in [6.45, 7) is 1.68. The molecule has 4 nitrogen and oxygen atoms in total. The van der Waals surface area contributed by atoms with Crippen molar-refractivity contribution in [1.82, 2.24) is 4.90 Å². The zero-order chi connectivity index (χ0) is 17.8. The van der Waals surface area contributed by atoms with E-state index in [1.165, 1.54) is 17.0 Å². The average Bonchev–Trinajstić information content (AvgIpc) is 2.62. The molecule has 0 saturated carbocycles. The Balaban J connectivity index is 1.80. The van der Waals surface area contributed by atoms with Gasteiger partial charge in [0, 0.05) is 36.4 Å². The summed E-state index contributed by atoms with van der Waals surface area (Å²) in [5, 5.41) is 9.81. The van der Waals surface area contributed by atoms with Gasteiger partial charge in [0.15, 0.2) is 0 Å². The first-order valence-corrected chi connectivity index (χ1v) is 8.65. The van der Waals surface area contributed by atoms with E-state index in [9.17, 15) is 9.18 Å². The summed E-state index contributed by atoms with van der Waals surface area (Å²) in [7, 11) is 0. The molecule has 0 radical (unpaired) electrons. The smallest absolute Gasteiger partial charge is 0.407 e. The zero-order valence-electron chi connectivity index (χ0n) is 13.7. The standard InChI is InChI=1S/C19H20ClFN2O2/c20-15-3-7-17(8-4-15)23(13-14-1-5-16(21)6-2-14)18-9-11-22(12-10-18)19(24)25/h1-8,18H,9-13H2,(H,24,25). The minimum absolute atomic E-state index is 0.224. The van der Waals surface area contributed by atoms with Crippen molar-refractivity contribution >= 4 is 23.4 Å². The first kappa shape index (κ1) is 17.5. The molecule has 3 rings (SSSR count). The Kier molecular flexibility index (Phi) is 5.43. The fourth-order valence-electron chi connectivity index (χ4n) is 3.22. The van der Waals surface area contributed by atoms with Gasteiger partial charge < -0.3 is 14.9 Å². The number of likely N-dealkylation sites (tertiary alicyclic amines) is 1. The normalized spacial score (nSPS) is 15.2. The molecule has 0 aliphatic carbocycles. The van der Waals surface area contributed by atoms with Crippen LogP contribution in [0.2, 0.25) is 5.02 Å². The van der Waals surface area contributed by atoms with Crippen LogP contribution in [0.4, 0.5) is 14.9 Å². The van der Waals surface area contributed by atoms with Crippen LogP contribution >= 0.6 is 11.6 Å². The SMILES string of the molecule is O=C(O)N1CCC(N(Cc2ccc(F)cc2)c2ccc(Cl)cc2)CC1. The van der Waals surface area contributed by atoms with E-state index < -0.39 is 6.09 Å². The second-order valence-electron chi connectivity index (χ2n) is 6.23. The van der Waals surface area contributed by atoms with Crippen LogP contribution in [0.1, 0.15) is 18.4 Å². The highest BCUT2D eigenvalue weighted by Gasteiger charge is 2.27. The average molecular weight is 363 g/mol. The Morgan fingerprint density at radius 1 is 1.12 bits per heavy atom. The molecule has 2 aromatic carbocycles. The van der Waals surface area contributed by atoms with Gasteiger partial charge in [0.1, 0.15) is 5.82 Å². The Bertz CT molecular complexity index is 713. The van der Waals surface area contributed by atoms with Gasteiger partial charge in [-0.3, -0.25) is 0 Å². The first-order valence-electron chi connectivity index (χ1n) is 8.27. The summed E-state index contributed by atoms with van der Waals surface area (Å²) < 4.78 is 13.2. The minimum atomic E-state index is -0.866. The summed E-state index contributed by atoms with van der Waals surface area (Å²) in [4.78, 5) is 14.8. The van der Waals surface area contributed by atoms with Gasteiger partial charge in [0.25, 0.3) is 0 Å². The summed E-state index contributed by atoms with van der Waals surface area (Å²) in [6, 6.07) is 14.3. The number of carbonyl (C=O) groups is 1. The third-order valence-electron chi connectivity index (χ3n) is 4.60. The third-order valence-corrected chi connectivity index (χ3v) is 4.85. The largest absolute Gasteiger partial charge is 0.465 e. The van der Waals surface area contributed by atoms with Crippen LogP contribution < -0.4 is 4.90 Å². The van der Waals surface area contributed by atoms with Gasteiger partial charge in [-0.25, -0.2) is 9.18 Å². The van der Waals surface area contributed by atoms with Crippen molar-refractivity contribution in [1.29, 1.82) is 0 Å². The molecule has 132 valence electrons. The fourth-order valence-corrected chi connectivity index (χ4v) is 3.35. The van der Waals surface area contributed by atoms with Crippen LogP contribution in [0, 0.1) is 5.82 Å². The van der Waals surface area contributed by atoms with Crippen LogP contribution in [-0.4, -0.2) is 35.2 Å². The quantitative estimate of drug-likeness (QED) is 0.862. The Morgan fingerprint density at radius 3 is 2.28 bits per heavy atom. The second kappa shape index (κ2) is 7.74. The molecule has 0 atom stereocenters. The summed E-state index contributed by atoms with van der Waals surface area (Å²) in [5.74, 6) is -0.253. The lowest BCUT2D eigenvalue weighted by Crippen LogP contribution is -2.46. The van der Waals surface area contributed by atoms with Crippen molar-refractivity contribution in [2.75, 3.05) is 18.0 Å². The number of benzene rings is 2. The van der Waals surface area contributed by atoms with Crippen molar-refractivity contribution in [3.63, 3.8) is 0 Å². The predicted octanol–water partition coefficient (Wildman–Crippen LogP) is 4.63. The van der Waals surface area contributed by atoms with Crippen molar-refractivity contribution in [3.8, 4) is 0 Å². The van der Waals surface area contributed by atoms with Crippen molar-refractivity contribution in [2.24, 2.45) is 0 Å². The first-order chi connectivity index (χ1) is 12.0. The van der Waals surface area contributed by atoms with Crippen LogP contribution in [0.3, 0.4) is 0 Å². The molecule has 1 amide bonds. The van der Waals surface area contributed by atoms with Crippen LogP contribution in [0.15, 0.2) is 48.5 Å². The monoisotopic (exact) mass is 362 g/mol. The summed E-state index contributed by atoms with van der Waals surface area (Å²) in [6.07, 6.45) is 0.654. The highest BCUT2D eigenvalue weighted by atomic mass is 35.5. The lowest BCUT2D eigenvalue weighted by Gasteiger charge is -2.39. The molecule has 1 aliphatic rings. The van der Waals surface area contributed by atoms with E-state index in [4.69, 9.17) is 16.7 Å². The fraction of sp³-hybridized carbons (Fsp3) is 0.316. The molecule has 1 saturated heterocycles. The van der Waals surface area contributed by atoms with Gasteiger partial charge in [-0.2, -0.15) is 0 Å². The van der Waals surface area contributed by atoms with Gasteiger partial charge in [-0.05, 0) is 54.8 Å². The lowest BCUT2D eigenvalue weighted by atomic mass is 10.0. The number of carboxylic acid groups (broad SMARTS) is 1. The van der Waals surface area contributed by atoms with E-state index in [-0.39, 0.29) is 11.9 Å². The van der Waals surface area contributed by atoms with Crippen LogP contribution in [-0.2, 0) is 6.54 Å². The molecule has 1 N–H and O–H groups in total. The molecule has 1 aliphatic heterocycles. The van der Waals surface area contributed by atoms with Gasteiger partial charge in [0.2, 0.25) is 0 Å². The summed E-state index contributed by atoms with van der Waals surface area (Å²) in [5.41, 5.74) is 2.04. The van der Waals surface area contributed by atoms with E-state index in [1.54, 1.807) is 12.1 Å². The molecule has 0 bridgehead atoms. The number of rotatable bonds is 4. The maximum absolute atomic E-state index is 13.2. The van der Waals surface area contributed by atoms with Crippen LogP contribution in [0.25, 0.3) is 0 Å². The molecule has 2 aromatic rings. The number of halogens is 2. The second-order valence-corrected chi connectivity index (χ2v) is 6.67. The number of amides is 1. The summed E-state index contributed by atoms with van der Waals surface area (Å²) >= 11 is 6.00. The number of piperidine rings is 1. The van der Waals surface area contributed by atoms with Crippen LogP contribution in [0.5, 0.6) is 0 Å². The molecule has 0 aromatic heterocycles. The molecule has 6 heteroatoms. The molecule has 0 unspecified atom stereocenters. The zero-order valence-corrected chi connectivity index (χ0v) is 14.5. The molecule has 1 heterocycles. The van der Waals surface area contributed by atoms with Crippen molar-refractivity contribution in [2.45, 2.75) is 25.4 Å². The van der Waals surface area contributed by atoms with E-state index >= 15 is 0 Å². The van der Waals surface area contributed by atoms with Crippen molar-refractivity contribution in [3.05, 3.63) is 64.9 Å². The molecule has 1 fully saturated rings. The Hall–Kier alpha value is -2.27. The van der Waals surface area contributed by atoms with E-state index in [2.05, 4.69) is 4.90 Å². The van der Waals surface area contributed by atoms with E-state index in [0.29, 0.717) is 24.7 Å². The molecule has 0 spiro atoms. The Labute approximate surface area is 151 Å². The van der Waals surface area contributed by atoms with Gasteiger partial charge >= 0.3 is 6.09 Å². The number of anilines is 1. The topological polar surface area (TPSA) is 43.8 Å². The lowest BCUT2D eigenvalue weighted by molar-refractivity contribution is 0.131. The van der Waals surface area contributed by atoms with E-state index in [0.717, 1.165) is 24.1 Å². The molecular formula is C19H20ClFN2O2.